The number of carbonyl (C=O) groups excluding carboxylic acids is 2. The zero-order chi connectivity index (χ0) is 15.9. The van der Waals surface area contributed by atoms with Gasteiger partial charge in [-0.3, -0.25) is 4.79 Å². The van der Waals surface area contributed by atoms with Crippen molar-refractivity contribution in [2.24, 2.45) is 0 Å². The van der Waals surface area contributed by atoms with E-state index in [4.69, 9.17) is 4.74 Å². The normalized spacial score (nSPS) is 10.3. The second-order valence-electron chi connectivity index (χ2n) is 5.18. The van der Waals surface area contributed by atoms with Crippen molar-refractivity contribution in [1.29, 1.82) is 0 Å². The summed E-state index contributed by atoms with van der Waals surface area (Å²) in [6.07, 6.45) is 1.77. The van der Waals surface area contributed by atoms with Crippen LogP contribution in [-0.2, 0) is 4.74 Å². The summed E-state index contributed by atoms with van der Waals surface area (Å²) in [6, 6.07) is 14.2. The Hall–Kier alpha value is -2.42. The topological polar surface area (TPSA) is 43.4 Å². The van der Waals surface area contributed by atoms with Crippen LogP contribution in [0.15, 0.2) is 48.5 Å². The summed E-state index contributed by atoms with van der Waals surface area (Å²) in [5.74, 6) is -0.591. The molecule has 0 atom stereocenters. The average molecular weight is 296 g/mol. The lowest BCUT2D eigenvalue weighted by molar-refractivity contribution is 0.0497. The molecular formula is C19H20O3. The fourth-order valence-electron chi connectivity index (χ4n) is 2.22. The van der Waals surface area contributed by atoms with Gasteiger partial charge in [-0.2, -0.15) is 0 Å². The number of hydrogen-bond acceptors (Lipinski definition) is 3. The van der Waals surface area contributed by atoms with E-state index in [1.165, 1.54) is 0 Å². The lowest BCUT2D eigenvalue weighted by atomic mass is 9.95. The molecular weight excluding hydrogens is 276 g/mol. The molecule has 0 radical (unpaired) electrons. The Morgan fingerprint density at radius 1 is 0.909 bits per heavy atom. The lowest BCUT2D eigenvalue weighted by Gasteiger charge is -2.10. The minimum atomic E-state index is -0.439. The monoisotopic (exact) mass is 296 g/mol. The molecule has 0 fully saturated rings. The largest absolute Gasteiger partial charge is 0.462 e. The van der Waals surface area contributed by atoms with Crippen molar-refractivity contribution in [3.8, 4) is 0 Å². The first-order valence-corrected chi connectivity index (χ1v) is 7.51. The Balaban J connectivity index is 2.30. The highest BCUT2D eigenvalue weighted by Gasteiger charge is 2.19. The van der Waals surface area contributed by atoms with Gasteiger partial charge >= 0.3 is 5.97 Å². The average Bonchev–Trinajstić information content (AvgIpc) is 2.55. The van der Waals surface area contributed by atoms with E-state index in [-0.39, 0.29) is 5.78 Å². The summed E-state index contributed by atoms with van der Waals surface area (Å²) in [5, 5.41) is 0. The molecule has 0 saturated heterocycles. The molecule has 3 nitrogen and oxygen atoms in total. The van der Waals surface area contributed by atoms with E-state index in [1.54, 1.807) is 30.3 Å². The second-order valence-corrected chi connectivity index (χ2v) is 5.18. The van der Waals surface area contributed by atoms with Crippen LogP contribution in [0.3, 0.4) is 0 Å². The van der Waals surface area contributed by atoms with Crippen LogP contribution in [0.4, 0.5) is 0 Å². The molecule has 0 aliphatic heterocycles. The molecule has 0 heterocycles. The third kappa shape index (κ3) is 3.61. The van der Waals surface area contributed by atoms with Gasteiger partial charge in [0.25, 0.3) is 0 Å². The van der Waals surface area contributed by atoms with Gasteiger partial charge in [0.15, 0.2) is 5.78 Å². The van der Waals surface area contributed by atoms with Crippen molar-refractivity contribution in [2.75, 3.05) is 6.61 Å². The molecule has 0 amide bonds. The molecule has 0 aliphatic rings. The fourth-order valence-corrected chi connectivity index (χ4v) is 2.22. The highest BCUT2D eigenvalue weighted by atomic mass is 16.5. The van der Waals surface area contributed by atoms with Crippen LogP contribution in [0, 0.1) is 6.92 Å². The Morgan fingerprint density at radius 2 is 1.50 bits per heavy atom. The molecule has 0 N–H and O–H groups in total. The summed E-state index contributed by atoms with van der Waals surface area (Å²) < 4.78 is 5.23. The Labute approximate surface area is 130 Å². The van der Waals surface area contributed by atoms with Crippen LogP contribution in [0.2, 0.25) is 0 Å². The maximum absolute atomic E-state index is 12.7. The summed E-state index contributed by atoms with van der Waals surface area (Å²) in [6.45, 7) is 4.29. The van der Waals surface area contributed by atoms with E-state index in [0.717, 1.165) is 18.4 Å². The zero-order valence-electron chi connectivity index (χ0n) is 13.0. The van der Waals surface area contributed by atoms with Gasteiger partial charge in [0.2, 0.25) is 0 Å². The molecule has 0 spiro atoms. The van der Waals surface area contributed by atoms with Gasteiger partial charge in [0.1, 0.15) is 0 Å². The highest BCUT2D eigenvalue weighted by Crippen LogP contribution is 2.18. The van der Waals surface area contributed by atoms with Crippen LogP contribution in [-0.4, -0.2) is 18.4 Å². The molecule has 3 heteroatoms. The Morgan fingerprint density at radius 3 is 2.14 bits per heavy atom. The number of hydrogen-bond donors (Lipinski definition) is 0. The molecule has 0 unspecified atom stereocenters. The maximum atomic E-state index is 12.7. The van der Waals surface area contributed by atoms with Crippen molar-refractivity contribution in [3.63, 3.8) is 0 Å². The van der Waals surface area contributed by atoms with Gasteiger partial charge in [-0.15, -0.1) is 0 Å². The van der Waals surface area contributed by atoms with Crippen LogP contribution >= 0.6 is 0 Å². The van der Waals surface area contributed by atoms with E-state index in [0.29, 0.717) is 23.3 Å². The van der Waals surface area contributed by atoms with Gasteiger partial charge in [-0.1, -0.05) is 55.8 Å². The van der Waals surface area contributed by atoms with Gasteiger partial charge in [-0.25, -0.2) is 4.79 Å². The minimum absolute atomic E-state index is 0.152. The number of benzene rings is 2. The summed E-state index contributed by atoms with van der Waals surface area (Å²) >= 11 is 0. The van der Waals surface area contributed by atoms with Crippen molar-refractivity contribution >= 4 is 11.8 Å². The third-order valence-electron chi connectivity index (χ3n) is 3.51. The number of aryl methyl sites for hydroxylation is 1. The first-order chi connectivity index (χ1) is 10.6. The number of carbonyl (C=O) groups is 2. The van der Waals surface area contributed by atoms with Crippen molar-refractivity contribution in [2.45, 2.75) is 26.7 Å². The lowest BCUT2D eigenvalue weighted by Crippen LogP contribution is -2.13. The molecule has 114 valence electrons. The molecule has 2 aromatic carbocycles. The van der Waals surface area contributed by atoms with Crippen molar-refractivity contribution < 1.29 is 14.3 Å². The van der Waals surface area contributed by atoms with Gasteiger partial charge in [-0.05, 0) is 25.0 Å². The van der Waals surface area contributed by atoms with Crippen molar-refractivity contribution in [3.05, 3.63) is 70.8 Å². The highest BCUT2D eigenvalue weighted by molar-refractivity contribution is 6.15. The third-order valence-corrected chi connectivity index (χ3v) is 3.51. The first kappa shape index (κ1) is 16.0. The SMILES string of the molecule is CCCCOC(=O)c1ccccc1C(=O)c1ccccc1C. The summed E-state index contributed by atoms with van der Waals surface area (Å²) in [7, 11) is 0. The van der Waals surface area contributed by atoms with E-state index in [1.807, 2.05) is 32.0 Å². The second kappa shape index (κ2) is 7.55. The van der Waals surface area contributed by atoms with E-state index in [9.17, 15) is 9.59 Å². The number of esters is 1. The molecule has 2 aromatic rings. The molecule has 0 saturated carbocycles. The molecule has 0 aliphatic carbocycles. The maximum Gasteiger partial charge on any atom is 0.338 e. The summed E-state index contributed by atoms with van der Waals surface area (Å²) in [4.78, 5) is 24.9. The molecule has 0 aromatic heterocycles. The van der Waals surface area contributed by atoms with E-state index < -0.39 is 5.97 Å². The van der Waals surface area contributed by atoms with Gasteiger partial charge in [0, 0.05) is 11.1 Å². The number of ketones is 1. The standard InChI is InChI=1S/C19H20O3/c1-3-4-13-22-19(21)17-12-8-7-11-16(17)18(20)15-10-6-5-9-14(15)2/h5-12H,3-4,13H2,1-2H3. The van der Waals surface area contributed by atoms with Crippen LogP contribution in [0.5, 0.6) is 0 Å². The van der Waals surface area contributed by atoms with Crippen LogP contribution in [0.25, 0.3) is 0 Å². The van der Waals surface area contributed by atoms with Crippen LogP contribution < -0.4 is 0 Å². The quantitative estimate of drug-likeness (QED) is 0.456. The van der Waals surface area contributed by atoms with E-state index in [2.05, 4.69) is 0 Å². The molecule has 2 rings (SSSR count). The minimum Gasteiger partial charge on any atom is -0.462 e. The Bertz CT molecular complexity index is 674. The predicted molar refractivity (Wildman–Crippen MR) is 86.2 cm³/mol. The van der Waals surface area contributed by atoms with Gasteiger partial charge < -0.3 is 4.74 Å². The predicted octanol–water partition coefficient (Wildman–Crippen LogP) is 4.18. The molecule has 22 heavy (non-hydrogen) atoms. The smallest absolute Gasteiger partial charge is 0.338 e. The number of unbranched alkanes of at least 4 members (excludes halogenated alkanes) is 1. The number of rotatable bonds is 6. The fraction of sp³-hybridized carbons (Fsp3) is 0.263. The molecule has 0 bridgehead atoms. The number of ether oxygens (including phenoxy) is 1. The Kier molecular flexibility index (Phi) is 5.48. The van der Waals surface area contributed by atoms with E-state index >= 15 is 0 Å². The van der Waals surface area contributed by atoms with Crippen molar-refractivity contribution in [1.82, 2.24) is 0 Å². The van der Waals surface area contributed by atoms with Gasteiger partial charge in [0.05, 0.1) is 12.2 Å². The summed E-state index contributed by atoms with van der Waals surface area (Å²) in [5.41, 5.74) is 2.21. The first-order valence-electron chi connectivity index (χ1n) is 7.51. The van der Waals surface area contributed by atoms with Crippen LogP contribution in [0.1, 0.15) is 51.6 Å². The zero-order valence-corrected chi connectivity index (χ0v) is 13.0.